The fourth-order valence-electron chi connectivity index (χ4n) is 3.40. The van der Waals surface area contributed by atoms with Crippen molar-refractivity contribution in [3.63, 3.8) is 0 Å². The molecule has 0 spiro atoms. The molecule has 1 fully saturated rings. The van der Waals surface area contributed by atoms with Crippen LogP contribution in [-0.4, -0.2) is 69.2 Å². The van der Waals surface area contributed by atoms with Crippen LogP contribution in [0, 0.1) is 0 Å². The van der Waals surface area contributed by atoms with E-state index in [0.717, 1.165) is 43.6 Å². The van der Waals surface area contributed by atoms with Gasteiger partial charge in [-0.25, -0.2) is 4.98 Å². The van der Waals surface area contributed by atoms with Gasteiger partial charge in [-0.1, -0.05) is 19.1 Å². The summed E-state index contributed by atoms with van der Waals surface area (Å²) in [5.41, 5.74) is 2.04. The average Bonchev–Trinajstić information content (AvgIpc) is 3.04. The molecule has 1 saturated heterocycles. The number of nitrogens with zero attached hydrogens (tertiary/aromatic N) is 4. The van der Waals surface area contributed by atoms with Crippen LogP contribution in [0.5, 0.6) is 0 Å². The molecule has 6 heteroatoms. The third kappa shape index (κ3) is 3.60. The van der Waals surface area contributed by atoms with E-state index in [1.54, 1.807) is 0 Å². The topological polar surface area (TPSA) is 61.6 Å². The monoisotopic (exact) mass is 330 g/mol. The van der Waals surface area contributed by atoms with Gasteiger partial charge in [0.15, 0.2) is 0 Å². The third-order valence-corrected chi connectivity index (χ3v) is 4.96. The van der Waals surface area contributed by atoms with Crippen LogP contribution in [0.1, 0.15) is 19.8 Å². The number of piperazine rings is 1. The van der Waals surface area contributed by atoms with Crippen molar-refractivity contribution >= 4 is 16.9 Å². The van der Waals surface area contributed by atoms with Gasteiger partial charge in [-0.15, -0.1) is 0 Å². The molecule has 0 bridgehead atoms. The highest BCUT2D eigenvalue weighted by Crippen LogP contribution is 2.14. The van der Waals surface area contributed by atoms with Gasteiger partial charge >= 0.3 is 0 Å². The molecule has 24 heavy (non-hydrogen) atoms. The van der Waals surface area contributed by atoms with Crippen molar-refractivity contribution in [2.45, 2.75) is 32.4 Å². The van der Waals surface area contributed by atoms with Gasteiger partial charge in [0.05, 0.1) is 24.0 Å². The fourth-order valence-corrected chi connectivity index (χ4v) is 3.40. The van der Waals surface area contributed by atoms with Crippen molar-refractivity contribution in [2.75, 3.05) is 32.8 Å². The van der Waals surface area contributed by atoms with Gasteiger partial charge in [0.2, 0.25) is 5.91 Å². The van der Waals surface area contributed by atoms with Crippen molar-refractivity contribution < 1.29 is 9.90 Å². The molecule has 130 valence electrons. The number of imidazole rings is 1. The Morgan fingerprint density at radius 3 is 2.71 bits per heavy atom. The van der Waals surface area contributed by atoms with Crippen LogP contribution in [-0.2, 0) is 11.3 Å². The van der Waals surface area contributed by atoms with E-state index in [4.69, 9.17) is 0 Å². The number of hydrogen-bond donors (Lipinski definition) is 1. The molecule has 2 heterocycles. The maximum Gasteiger partial charge on any atom is 0.224 e. The number of aliphatic hydroxyl groups is 1. The number of carbonyl (C=O) groups excluding carboxylic acids is 1. The Morgan fingerprint density at radius 1 is 1.25 bits per heavy atom. The number of para-hydroxylation sites is 2. The van der Waals surface area contributed by atoms with Crippen LogP contribution in [0.25, 0.3) is 11.0 Å². The first kappa shape index (κ1) is 16.9. The van der Waals surface area contributed by atoms with Crippen LogP contribution < -0.4 is 0 Å². The van der Waals surface area contributed by atoms with Crippen molar-refractivity contribution in [2.24, 2.45) is 0 Å². The van der Waals surface area contributed by atoms with Crippen molar-refractivity contribution in [3.8, 4) is 0 Å². The van der Waals surface area contributed by atoms with Gasteiger partial charge in [-0.05, 0) is 18.6 Å². The Hall–Kier alpha value is -1.92. The third-order valence-electron chi connectivity index (χ3n) is 4.96. The molecule has 1 aromatic heterocycles. The van der Waals surface area contributed by atoms with Crippen LogP contribution in [0.3, 0.4) is 0 Å². The Labute approximate surface area is 142 Å². The zero-order valence-corrected chi connectivity index (χ0v) is 14.3. The first-order valence-corrected chi connectivity index (χ1v) is 8.75. The summed E-state index contributed by atoms with van der Waals surface area (Å²) in [4.78, 5) is 21.1. The van der Waals surface area contributed by atoms with E-state index in [1.165, 1.54) is 0 Å². The first-order chi connectivity index (χ1) is 11.7. The lowest BCUT2D eigenvalue weighted by atomic mass is 10.1. The Bertz CT molecular complexity index is 672. The van der Waals surface area contributed by atoms with Crippen LogP contribution >= 0.6 is 0 Å². The van der Waals surface area contributed by atoms with Gasteiger partial charge < -0.3 is 14.6 Å². The number of aliphatic hydroxyl groups excluding tert-OH is 1. The minimum absolute atomic E-state index is 0.193. The van der Waals surface area contributed by atoms with Gasteiger partial charge in [0, 0.05) is 45.2 Å². The fraction of sp³-hybridized carbons (Fsp3) is 0.556. The molecular weight excluding hydrogens is 304 g/mol. The van der Waals surface area contributed by atoms with E-state index in [1.807, 2.05) is 40.1 Å². The molecule has 1 N–H and O–H groups in total. The maximum atomic E-state index is 12.5. The number of hydrogen-bond acceptors (Lipinski definition) is 4. The summed E-state index contributed by atoms with van der Waals surface area (Å²) in [7, 11) is 0. The molecule has 1 aromatic carbocycles. The normalized spacial score (nSPS) is 17.3. The summed E-state index contributed by atoms with van der Waals surface area (Å²) in [6.45, 7) is 6.14. The molecule has 1 atom stereocenters. The molecule has 3 rings (SSSR count). The lowest BCUT2D eigenvalue weighted by Gasteiger charge is -2.38. The Kier molecular flexibility index (Phi) is 5.48. The predicted molar refractivity (Wildman–Crippen MR) is 93.7 cm³/mol. The standard InChI is InChI=1S/C18H26N4O2/c1-2-15(13-23)20-9-11-21(12-10-20)18(24)7-8-22-14-19-16-5-3-4-6-17(16)22/h3-6,14-15,23H,2,7-13H2,1H3. The second-order valence-electron chi connectivity index (χ2n) is 6.34. The van der Waals surface area contributed by atoms with Crippen molar-refractivity contribution in [1.29, 1.82) is 0 Å². The lowest BCUT2D eigenvalue weighted by Crippen LogP contribution is -2.52. The first-order valence-electron chi connectivity index (χ1n) is 8.75. The number of carbonyl (C=O) groups is 1. The van der Waals surface area contributed by atoms with Gasteiger partial charge in [-0.2, -0.15) is 0 Å². The van der Waals surface area contributed by atoms with Crippen molar-refractivity contribution in [1.82, 2.24) is 19.4 Å². The van der Waals surface area contributed by atoms with Gasteiger partial charge in [0.1, 0.15) is 0 Å². The van der Waals surface area contributed by atoms with Gasteiger partial charge in [-0.3, -0.25) is 9.69 Å². The highest BCUT2D eigenvalue weighted by Gasteiger charge is 2.24. The van der Waals surface area contributed by atoms with E-state index < -0.39 is 0 Å². The quantitative estimate of drug-likeness (QED) is 0.868. The summed E-state index contributed by atoms with van der Waals surface area (Å²) in [5, 5.41) is 9.40. The molecule has 1 aliphatic rings. The van der Waals surface area contributed by atoms with Crippen LogP contribution in [0.15, 0.2) is 30.6 Å². The number of amides is 1. The summed E-state index contributed by atoms with van der Waals surface area (Å²) < 4.78 is 2.04. The number of fused-ring (bicyclic) bond motifs is 1. The zero-order chi connectivity index (χ0) is 16.9. The molecule has 1 unspecified atom stereocenters. The van der Waals surface area contributed by atoms with E-state index >= 15 is 0 Å². The second kappa shape index (κ2) is 7.77. The Morgan fingerprint density at radius 2 is 2.00 bits per heavy atom. The molecule has 0 aliphatic carbocycles. The minimum Gasteiger partial charge on any atom is -0.395 e. The van der Waals surface area contributed by atoms with E-state index in [2.05, 4.69) is 16.8 Å². The summed E-state index contributed by atoms with van der Waals surface area (Å²) >= 11 is 0. The summed E-state index contributed by atoms with van der Waals surface area (Å²) in [5.74, 6) is 0.199. The molecule has 6 nitrogen and oxygen atoms in total. The van der Waals surface area contributed by atoms with E-state index in [-0.39, 0.29) is 18.6 Å². The number of aryl methyl sites for hydroxylation is 1. The van der Waals surface area contributed by atoms with Crippen LogP contribution in [0.4, 0.5) is 0 Å². The second-order valence-corrected chi connectivity index (χ2v) is 6.34. The Balaban J connectivity index is 1.51. The molecule has 1 aliphatic heterocycles. The highest BCUT2D eigenvalue weighted by molar-refractivity contribution is 5.77. The minimum atomic E-state index is 0.193. The number of aromatic nitrogens is 2. The predicted octanol–water partition coefficient (Wildman–Crippen LogP) is 1.34. The number of rotatable bonds is 6. The van der Waals surface area contributed by atoms with E-state index in [9.17, 15) is 9.90 Å². The summed E-state index contributed by atoms with van der Waals surface area (Å²) in [6, 6.07) is 8.20. The lowest BCUT2D eigenvalue weighted by molar-refractivity contribution is -0.133. The van der Waals surface area contributed by atoms with Crippen molar-refractivity contribution in [3.05, 3.63) is 30.6 Å². The zero-order valence-electron chi connectivity index (χ0n) is 14.3. The maximum absolute atomic E-state index is 12.5. The smallest absolute Gasteiger partial charge is 0.224 e. The van der Waals surface area contributed by atoms with E-state index in [0.29, 0.717) is 13.0 Å². The summed E-state index contributed by atoms with van der Waals surface area (Å²) in [6.07, 6.45) is 3.25. The number of benzene rings is 1. The molecule has 1 amide bonds. The van der Waals surface area contributed by atoms with Crippen LogP contribution in [0.2, 0.25) is 0 Å². The largest absolute Gasteiger partial charge is 0.395 e. The highest BCUT2D eigenvalue weighted by atomic mass is 16.3. The SMILES string of the molecule is CCC(CO)N1CCN(C(=O)CCn2cnc3ccccc32)CC1. The van der Waals surface area contributed by atoms with Gasteiger partial charge in [0.25, 0.3) is 0 Å². The average molecular weight is 330 g/mol. The molecular formula is C18H26N4O2. The molecule has 0 radical (unpaired) electrons. The molecule has 2 aromatic rings. The molecule has 0 saturated carbocycles.